The largest absolute Gasteiger partial charge is 0.382 e. The molecule has 0 unspecified atom stereocenters. The minimum absolute atomic E-state index is 0.280. The lowest BCUT2D eigenvalue weighted by Gasteiger charge is -2.21. The van der Waals surface area contributed by atoms with E-state index in [1.165, 1.54) is 0 Å². The lowest BCUT2D eigenvalue weighted by molar-refractivity contribution is 0.351. The average molecular weight is 427 g/mol. The van der Waals surface area contributed by atoms with E-state index in [4.69, 9.17) is 15.9 Å². The number of nitrogens with two attached hydrogens (primary N) is 1. The summed E-state index contributed by atoms with van der Waals surface area (Å²) in [6, 6.07) is 2.30. The Labute approximate surface area is 186 Å². The summed E-state index contributed by atoms with van der Waals surface area (Å²) in [5.41, 5.74) is 7.65. The van der Waals surface area contributed by atoms with E-state index in [2.05, 4.69) is 37.1 Å². The van der Waals surface area contributed by atoms with Crippen LogP contribution in [0.1, 0.15) is 100 Å². The molecule has 8 nitrogen and oxygen atoms in total. The Balaban J connectivity index is 2.81. The van der Waals surface area contributed by atoms with Gasteiger partial charge in [-0.05, 0) is 41.5 Å². The fourth-order valence-corrected chi connectivity index (χ4v) is 3.23. The van der Waals surface area contributed by atoms with Gasteiger partial charge in [-0.3, -0.25) is 0 Å². The lowest BCUT2D eigenvalue weighted by Crippen LogP contribution is -2.25. The number of hydrogen-bond acceptors (Lipinski definition) is 6. The zero-order chi connectivity index (χ0) is 24.2. The van der Waals surface area contributed by atoms with Crippen molar-refractivity contribution >= 4 is 17.3 Å². The van der Waals surface area contributed by atoms with E-state index in [-0.39, 0.29) is 21.9 Å². The topological polar surface area (TPSA) is 110 Å². The first kappa shape index (κ1) is 24.6. The third-order valence-corrected chi connectivity index (χ3v) is 4.80. The highest BCUT2D eigenvalue weighted by Crippen LogP contribution is 2.40. The summed E-state index contributed by atoms with van der Waals surface area (Å²) in [6.45, 7) is 24.5. The number of aromatic nitrogens is 4. The Morgan fingerprint density at radius 3 is 1.58 bits per heavy atom. The standard InChI is InChI=1S/C23H38N8/c1-20(2,3)16-14(13-24)19(31(28-16)23(10,11)12)27-26-15-17(21(4,5)6)29-30(18(15)25)22(7,8)9/h25H2,1-12H3. The summed E-state index contributed by atoms with van der Waals surface area (Å²) in [6.07, 6.45) is 0. The molecule has 0 spiro atoms. The SMILES string of the molecule is CC(C)(C)c1nn(C(C)(C)C)c(N=Nc2c(C(C)(C)C)nn(C(C)(C)C)c2N)c1C#N. The molecule has 0 saturated heterocycles. The first-order valence-corrected chi connectivity index (χ1v) is 10.7. The molecule has 0 amide bonds. The highest BCUT2D eigenvalue weighted by molar-refractivity contribution is 5.64. The van der Waals surface area contributed by atoms with E-state index >= 15 is 0 Å². The zero-order valence-corrected chi connectivity index (χ0v) is 21.2. The molecule has 8 heteroatoms. The highest BCUT2D eigenvalue weighted by atomic mass is 15.4. The number of nitrogen functional groups attached to an aromatic ring is 1. The van der Waals surface area contributed by atoms with Crippen LogP contribution >= 0.6 is 0 Å². The molecule has 2 aromatic rings. The molecule has 0 bridgehead atoms. The molecule has 2 aromatic heterocycles. The van der Waals surface area contributed by atoms with E-state index < -0.39 is 0 Å². The first-order chi connectivity index (χ1) is 13.8. The van der Waals surface area contributed by atoms with Crippen LogP contribution in [0.5, 0.6) is 0 Å². The Morgan fingerprint density at radius 1 is 0.742 bits per heavy atom. The normalized spacial score (nSPS) is 13.8. The number of nitriles is 1. The van der Waals surface area contributed by atoms with Crippen molar-refractivity contribution < 1.29 is 0 Å². The monoisotopic (exact) mass is 426 g/mol. The fourth-order valence-electron chi connectivity index (χ4n) is 3.23. The van der Waals surface area contributed by atoms with Crippen molar-refractivity contribution in [1.29, 1.82) is 5.26 Å². The second kappa shape index (κ2) is 7.47. The number of nitrogens with zero attached hydrogens (tertiary/aromatic N) is 7. The molecule has 0 radical (unpaired) electrons. The smallest absolute Gasteiger partial charge is 0.191 e. The van der Waals surface area contributed by atoms with Gasteiger partial charge in [0.05, 0.1) is 22.5 Å². The molecule has 0 aliphatic rings. The van der Waals surface area contributed by atoms with Gasteiger partial charge in [-0.2, -0.15) is 15.5 Å². The number of rotatable bonds is 2. The van der Waals surface area contributed by atoms with Crippen LogP contribution in [0.15, 0.2) is 10.2 Å². The maximum absolute atomic E-state index is 9.94. The molecule has 0 fully saturated rings. The minimum Gasteiger partial charge on any atom is -0.382 e. The maximum Gasteiger partial charge on any atom is 0.191 e. The second-order valence-corrected chi connectivity index (χ2v) is 12.1. The van der Waals surface area contributed by atoms with Crippen molar-refractivity contribution in [2.75, 3.05) is 5.73 Å². The quantitative estimate of drug-likeness (QED) is 0.589. The van der Waals surface area contributed by atoms with Crippen LogP contribution in [0.4, 0.5) is 17.3 Å². The fraction of sp³-hybridized carbons (Fsp3) is 0.696. The van der Waals surface area contributed by atoms with Crippen molar-refractivity contribution in [3.8, 4) is 6.07 Å². The van der Waals surface area contributed by atoms with Crippen molar-refractivity contribution in [1.82, 2.24) is 19.6 Å². The van der Waals surface area contributed by atoms with Gasteiger partial charge in [0, 0.05) is 10.8 Å². The van der Waals surface area contributed by atoms with E-state index in [0.717, 1.165) is 5.69 Å². The molecule has 2 heterocycles. The number of anilines is 1. The Morgan fingerprint density at radius 2 is 1.19 bits per heavy atom. The predicted molar refractivity (Wildman–Crippen MR) is 125 cm³/mol. The van der Waals surface area contributed by atoms with Crippen LogP contribution < -0.4 is 5.73 Å². The number of hydrogen-bond donors (Lipinski definition) is 1. The van der Waals surface area contributed by atoms with Crippen LogP contribution in [0.25, 0.3) is 0 Å². The van der Waals surface area contributed by atoms with Crippen LogP contribution in [-0.4, -0.2) is 19.6 Å². The van der Waals surface area contributed by atoms with Gasteiger partial charge >= 0.3 is 0 Å². The molecule has 0 aliphatic heterocycles. The maximum atomic E-state index is 9.94. The van der Waals surface area contributed by atoms with Gasteiger partial charge in [-0.25, -0.2) is 9.36 Å². The lowest BCUT2D eigenvalue weighted by atomic mass is 9.90. The van der Waals surface area contributed by atoms with Crippen molar-refractivity contribution in [2.24, 2.45) is 10.2 Å². The van der Waals surface area contributed by atoms with Gasteiger partial charge in [0.1, 0.15) is 11.6 Å². The molecule has 2 N–H and O–H groups in total. The number of azo groups is 1. The summed E-state index contributed by atoms with van der Waals surface area (Å²) in [7, 11) is 0. The molecular formula is C23H38N8. The van der Waals surface area contributed by atoms with Gasteiger partial charge in [0.2, 0.25) is 0 Å². The average Bonchev–Trinajstić information content (AvgIpc) is 3.09. The van der Waals surface area contributed by atoms with Gasteiger partial charge in [0.25, 0.3) is 0 Å². The summed E-state index contributed by atoms with van der Waals surface area (Å²) in [5, 5.41) is 28.6. The van der Waals surface area contributed by atoms with Crippen LogP contribution in [0.3, 0.4) is 0 Å². The minimum atomic E-state index is -0.378. The van der Waals surface area contributed by atoms with Gasteiger partial charge in [0.15, 0.2) is 17.3 Å². The van der Waals surface area contributed by atoms with Crippen LogP contribution in [0, 0.1) is 11.3 Å². The Bertz CT molecular complexity index is 1030. The molecular weight excluding hydrogens is 388 g/mol. The van der Waals surface area contributed by atoms with Gasteiger partial charge < -0.3 is 5.73 Å². The van der Waals surface area contributed by atoms with Crippen LogP contribution in [-0.2, 0) is 21.9 Å². The van der Waals surface area contributed by atoms with Crippen molar-refractivity contribution in [2.45, 2.75) is 105 Å². The Kier molecular flexibility index (Phi) is 5.92. The predicted octanol–water partition coefficient (Wildman–Crippen LogP) is 6.05. The zero-order valence-electron chi connectivity index (χ0n) is 21.2. The third-order valence-electron chi connectivity index (χ3n) is 4.80. The van der Waals surface area contributed by atoms with E-state index in [1.807, 2.05) is 62.3 Å². The highest BCUT2D eigenvalue weighted by Gasteiger charge is 2.32. The van der Waals surface area contributed by atoms with Crippen molar-refractivity contribution in [3.05, 3.63) is 17.0 Å². The summed E-state index contributed by atoms with van der Waals surface area (Å²) < 4.78 is 3.56. The van der Waals surface area contributed by atoms with Crippen LogP contribution in [0.2, 0.25) is 0 Å². The third kappa shape index (κ3) is 4.81. The van der Waals surface area contributed by atoms with E-state index in [1.54, 1.807) is 9.36 Å². The van der Waals surface area contributed by atoms with E-state index in [0.29, 0.717) is 28.6 Å². The Hall–Kier alpha value is -2.69. The molecule has 170 valence electrons. The molecule has 0 saturated carbocycles. The summed E-state index contributed by atoms with van der Waals surface area (Å²) in [5.74, 6) is 0.889. The van der Waals surface area contributed by atoms with Gasteiger partial charge in [-0.1, -0.05) is 41.5 Å². The molecule has 2 rings (SSSR count). The summed E-state index contributed by atoms with van der Waals surface area (Å²) in [4.78, 5) is 0. The summed E-state index contributed by atoms with van der Waals surface area (Å²) >= 11 is 0. The molecule has 0 aromatic carbocycles. The second-order valence-electron chi connectivity index (χ2n) is 12.1. The van der Waals surface area contributed by atoms with Crippen molar-refractivity contribution in [3.63, 3.8) is 0 Å². The molecule has 31 heavy (non-hydrogen) atoms. The van der Waals surface area contributed by atoms with E-state index in [9.17, 15) is 5.26 Å². The molecule has 0 aliphatic carbocycles. The first-order valence-electron chi connectivity index (χ1n) is 10.7. The van der Waals surface area contributed by atoms with Gasteiger partial charge in [-0.15, -0.1) is 10.2 Å². The molecule has 0 atom stereocenters.